The minimum Gasteiger partial charge on any atom is -0.444 e. The maximum absolute atomic E-state index is 13.3. The lowest BCUT2D eigenvalue weighted by molar-refractivity contribution is 0.0203. The Labute approximate surface area is 95.9 Å². The average Bonchev–Trinajstić information content (AvgIpc) is 2.44. The standard InChI is InChI=1S/C11H21FN2O2/c1-7(13)9-5-8(12)6-14(9)10(15)16-11(2,3)4/h7-9H,5-6,13H2,1-4H3/t7-,8-,9-/m1/s1. The zero-order valence-corrected chi connectivity index (χ0v) is 10.4. The fourth-order valence-corrected chi connectivity index (χ4v) is 1.84. The first kappa shape index (κ1) is 13.2. The number of hydrogen-bond donors (Lipinski definition) is 1. The fraction of sp³-hybridized carbons (Fsp3) is 0.909. The number of nitrogens with zero attached hydrogens (tertiary/aromatic N) is 1. The van der Waals surface area contributed by atoms with Gasteiger partial charge in [0.05, 0.1) is 12.6 Å². The molecule has 94 valence electrons. The van der Waals surface area contributed by atoms with Gasteiger partial charge in [-0.25, -0.2) is 9.18 Å². The smallest absolute Gasteiger partial charge is 0.410 e. The monoisotopic (exact) mass is 232 g/mol. The molecule has 1 aliphatic heterocycles. The normalized spacial score (nSPS) is 28.0. The van der Waals surface area contributed by atoms with Gasteiger partial charge in [0.15, 0.2) is 0 Å². The topological polar surface area (TPSA) is 55.6 Å². The van der Waals surface area contributed by atoms with Crippen LogP contribution in [0.4, 0.5) is 9.18 Å². The van der Waals surface area contributed by atoms with Gasteiger partial charge in [-0.2, -0.15) is 0 Å². The van der Waals surface area contributed by atoms with Crippen LogP contribution in [0.1, 0.15) is 34.1 Å². The van der Waals surface area contributed by atoms with Crippen LogP contribution in [0.2, 0.25) is 0 Å². The van der Waals surface area contributed by atoms with Crippen molar-refractivity contribution in [2.24, 2.45) is 5.73 Å². The molecule has 16 heavy (non-hydrogen) atoms. The third-order valence-electron chi connectivity index (χ3n) is 2.53. The number of alkyl halides is 1. The van der Waals surface area contributed by atoms with E-state index < -0.39 is 17.9 Å². The lowest BCUT2D eigenvalue weighted by Crippen LogP contribution is -2.47. The van der Waals surface area contributed by atoms with Crippen LogP contribution < -0.4 is 5.73 Å². The molecule has 0 saturated carbocycles. The van der Waals surface area contributed by atoms with Crippen molar-refractivity contribution >= 4 is 6.09 Å². The van der Waals surface area contributed by atoms with Gasteiger partial charge in [0.1, 0.15) is 11.8 Å². The van der Waals surface area contributed by atoms with E-state index in [1.807, 2.05) is 0 Å². The summed E-state index contributed by atoms with van der Waals surface area (Å²) in [5.74, 6) is 0. The summed E-state index contributed by atoms with van der Waals surface area (Å²) in [6, 6.07) is -0.502. The molecule has 1 aliphatic rings. The summed E-state index contributed by atoms with van der Waals surface area (Å²) in [6.45, 7) is 7.22. The van der Waals surface area contributed by atoms with Crippen molar-refractivity contribution in [3.63, 3.8) is 0 Å². The first-order valence-corrected chi connectivity index (χ1v) is 5.60. The van der Waals surface area contributed by atoms with E-state index in [0.29, 0.717) is 6.42 Å². The molecule has 1 rings (SSSR count). The predicted molar refractivity (Wildman–Crippen MR) is 59.9 cm³/mol. The van der Waals surface area contributed by atoms with Gasteiger partial charge in [-0.1, -0.05) is 0 Å². The lowest BCUT2D eigenvalue weighted by atomic mass is 10.1. The van der Waals surface area contributed by atoms with E-state index in [-0.39, 0.29) is 18.6 Å². The zero-order valence-electron chi connectivity index (χ0n) is 10.4. The summed E-state index contributed by atoms with van der Waals surface area (Å²) in [6.07, 6.45) is -1.17. The highest BCUT2D eigenvalue weighted by atomic mass is 19.1. The third kappa shape index (κ3) is 3.33. The van der Waals surface area contributed by atoms with Crippen molar-refractivity contribution in [3.05, 3.63) is 0 Å². The summed E-state index contributed by atoms with van der Waals surface area (Å²) in [7, 11) is 0. The third-order valence-corrected chi connectivity index (χ3v) is 2.53. The fourth-order valence-electron chi connectivity index (χ4n) is 1.84. The van der Waals surface area contributed by atoms with Gasteiger partial charge in [-0.15, -0.1) is 0 Å². The Bertz CT molecular complexity index is 263. The predicted octanol–water partition coefficient (Wildman–Crippen LogP) is 1.68. The second-order valence-electron chi connectivity index (χ2n) is 5.39. The van der Waals surface area contributed by atoms with Crippen LogP contribution in [0.5, 0.6) is 0 Å². The van der Waals surface area contributed by atoms with Crippen molar-refractivity contribution in [2.75, 3.05) is 6.54 Å². The van der Waals surface area contributed by atoms with E-state index in [1.54, 1.807) is 27.7 Å². The molecule has 0 spiro atoms. The van der Waals surface area contributed by atoms with E-state index in [1.165, 1.54) is 4.90 Å². The molecule has 3 atom stereocenters. The highest BCUT2D eigenvalue weighted by molar-refractivity contribution is 5.69. The molecule has 1 amide bonds. The number of nitrogens with two attached hydrogens (primary N) is 1. The average molecular weight is 232 g/mol. The Morgan fingerprint density at radius 3 is 2.56 bits per heavy atom. The first-order valence-electron chi connectivity index (χ1n) is 5.60. The van der Waals surface area contributed by atoms with Crippen molar-refractivity contribution in [3.8, 4) is 0 Å². The highest BCUT2D eigenvalue weighted by Crippen LogP contribution is 2.24. The number of carbonyl (C=O) groups is 1. The van der Waals surface area contributed by atoms with Crippen molar-refractivity contribution < 1.29 is 13.9 Å². The van der Waals surface area contributed by atoms with E-state index in [2.05, 4.69) is 0 Å². The number of hydrogen-bond acceptors (Lipinski definition) is 3. The van der Waals surface area contributed by atoms with Crippen LogP contribution in [-0.4, -0.2) is 41.4 Å². The highest BCUT2D eigenvalue weighted by Gasteiger charge is 2.39. The number of carbonyl (C=O) groups excluding carboxylic acids is 1. The van der Waals surface area contributed by atoms with E-state index in [4.69, 9.17) is 10.5 Å². The Hall–Kier alpha value is -0.840. The minimum absolute atomic E-state index is 0.0844. The van der Waals surface area contributed by atoms with Gasteiger partial charge >= 0.3 is 6.09 Å². The van der Waals surface area contributed by atoms with Crippen LogP contribution in [0, 0.1) is 0 Å². The van der Waals surface area contributed by atoms with Gasteiger partial charge < -0.3 is 15.4 Å². The van der Waals surface area contributed by atoms with Gasteiger partial charge in [-0.05, 0) is 27.7 Å². The zero-order chi connectivity index (χ0) is 12.5. The van der Waals surface area contributed by atoms with Crippen LogP contribution >= 0.6 is 0 Å². The van der Waals surface area contributed by atoms with E-state index in [9.17, 15) is 9.18 Å². The second kappa shape index (κ2) is 4.57. The summed E-state index contributed by atoms with van der Waals surface area (Å²) in [4.78, 5) is 13.2. The van der Waals surface area contributed by atoms with Gasteiger partial charge in [0.2, 0.25) is 0 Å². The molecular weight excluding hydrogens is 211 g/mol. The molecule has 0 radical (unpaired) electrons. The number of rotatable bonds is 1. The summed E-state index contributed by atoms with van der Waals surface area (Å²) in [5.41, 5.74) is 5.17. The molecule has 0 aliphatic carbocycles. The molecular formula is C11H21FN2O2. The summed E-state index contributed by atoms with van der Waals surface area (Å²) >= 11 is 0. The van der Waals surface area contributed by atoms with Crippen molar-refractivity contribution in [1.82, 2.24) is 4.90 Å². The number of likely N-dealkylation sites (tertiary alicyclic amines) is 1. The van der Waals surface area contributed by atoms with Gasteiger partial charge in [0.25, 0.3) is 0 Å². The molecule has 1 heterocycles. The van der Waals surface area contributed by atoms with E-state index >= 15 is 0 Å². The maximum Gasteiger partial charge on any atom is 0.410 e. The molecule has 0 bridgehead atoms. The Balaban J connectivity index is 2.67. The number of amides is 1. The molecule has 0 aromatic carbocycles. The molecule has 0 unspecified atom stereocenters. The van der Waals surface area contributed by atoms with Crippen LogP contribution in [0.15, 0.2) is 0 Å². The molecule has 2 N–H and O–H groups in total. The van der Waals surface area contributed by atoms with Crippen LogP contribution in [0.25, 0.3) is 0 Å². The van der Waals surface area contributed by atoms with Gasteiger partial charge in [0, 0.05) is 12.5 Å². The second-order valence-corrected chi connectivity index (χ2v) is 5.39. The van der Waals surface area contributed by atoms with Crippen molar-refractivity contribution in [2.45, 2.75) is 58.0 Å². The Morgan fingerprint density at radius 1 is 1.56 bits per heavy atom. The molecule has 1 fully saturated rings. The molecule has 0 aromatic heterocycles. The largest absolute Gasteiger partial charge is 0.444 e. The summed E-state index contributed by atoms with van der Waals surface area (Å²) < 4.78 is 18.5. The molecule has 0 aromatic rings. The maximum atomic E-state index is 13.3. The molecule has 5 heteroatoms. The Kier molecular flexibility index (Phi) is 3.78. The molecule has 1 saturated heterocycles. The quantitative estimate of drug-likeness (QED) is 0.748. The van der Waals surface area contributed by atoms with Crippen LogP contribution in [0.3, 0.4) is 0 Å². The number of halogens is 1. The van der Waals surface area contributed by atoms with Gasteiger partial charge in [-0.3, -0.25) is 0 Å². The summed E-state index contributed by atoms with van der Waals surface area (Å²) in [5, 5.41) is 0. The molecule has 4 nitrogen and oxygen atoms in total. The lowest BCUT2D eigenvalue weighted by Gasteiger charge is -2.29. The SMILES string of the molecule is C[C@@H](N)[C@H]1C[C@@H](F)CN1C(=O)OC(C)(C)C. The van der Waals surface area contributed by atoms with E-state index in [0.717, 1.165) is 0 Å². The minimum atomic E-state index is -0.997. The Morgan fingerprint density at radius 2 is 2.12 bits per heavy atom. The van der Waals surface area contributed by atoms with Crippen molar-refractivity contribution in [1.29, 1.82) is 0 Å². The first-order chi connectivity index (χ1) is 7.20. The van der Waals surface area contributed by atoms with Crippen LogP contribution in [-0.2, 0) is 4.74 Å². The number of ether oxygens (including phenoxy) is 1.